The monoisotopic (exact) mass is 331 g/mol. The second kappa shape index (κ2) is 6.96. The predicted octanol–water partition coefficient (Wildman–Crippen LogP) is 2.50. The summed E-state index contributed by atoms with van der Waals surface area (Å²) >= 11 is 0. The van der Waals surface area contributed by atoms with E-state index in [0.717, 1.165) is 11.4 Å². The second-order valence-electron chi connectivity index (χ2n) is 6.05. The molecule has 0 aromatic carbocycles. The number of morpholine rings is 1. The van der Waals surface area contributed by atoms with Gasteiger partial charge < -0.3 is 19.4 Å². The highest BCUT2D eigenvalue weighted by atomic mass is 16.5. The molecule has 128 valence electrons. The summed E-state index contributed by atoms with van der Waals surface area (Å²) in [5, 5.41) is 10.9. The van der Waals surface area contributed by atoms with Crippen molar-refractivity contribution >= 4 is 11.7 Å². The molecule has 0 radical (unpaired) electrons. The lowest BCUT2D eigenvalue weighted by atomic mass is 10.2. The first-order valence-corrected chi connectivity index (χ1v) is 7.96. The van der Waals surface area contributed by atoms with Crippen molar-refractivity contribution in [1.82, 2.24) is 20.1 Å². The maximum Gasteiger partial charge on any atom is 0.322 e. The van der Waals surface area contributed by atoms with Crippen LogP contribution in [0.25, 0.3) is 0 Å². The van der Waals surface area contributed by atoms with Crippen LogP contribution in [0, 0.1) is 6.92 Å². The molecule has 8 nitrogen and oxygen atoms in total. The van der Waals surface area contributed by atoms with Gasteiger partial charge in [-0.15, -0.1) is 10.2 Å². The van der Waals surface area contributed by atoms with Crippen LogP contribution < -0.4 is 5.32 Å². The fourth-order valence-electron chi connectivity index (χ4n) is 2.42. The van der Waals surface area contributed by atoms with Crippen LogP contribution in [0.1, 0.15) is 43.3 Å². The molecule has 1 aliphatic heterocycles. The fourth-order valence-corrected chi connectivity index (χ4v) is 2.42. The molecule has 0 saturated carbocycles. The Morgan fingerprint density at radius 1 is 1.42 bits per heavy atom. The zero-order valence-corrected chi connectivity index (χ0v) is 14.0. The van der Waals surface area contributed by atoms with E-state index in [-0.39, 0.29) is 11.9 Å². The molecule has 1 saturated heterocycles. The zero-order valence-electron chi connectivity index (χ0n) is 14.0. The molecule has 0 aliphatic carbocycles. The summed E-state index contributed by atoms with van der Waals surface area (Å²) in [5.74, 6) is 1.14. The molecule has 24 heavy (non-hydrogen) atoms. The summed E-state index contributed by atoms with van der Waals surface area (Å²) in [5.41, 5.74) is 1.56. The normalized spacial score (nSPS) is 18.0. The number of ether oxygens (including phenoxy) is 1. The summed E-state index contributed by atoms with van der Waals surface area (Å²) in [7, 11) is 0. The molecule has 3 heterocycles. The second-order valence-corrected chi connectivity index (χ2v) is 6.05. The van der Waals surface area contributed by atoms with Gasteiger partial charge >= 0.3 is 6.03 Å². The third-order valence-electron chi connectivity index (χ3n) is 3.73. The van der Waals surface area contributed by atoms with Crippen molar-refractivity contribution in [2.75, 3.05) is 25.0 Å². The molecular formula is C16H21N5O3. The Balaban J connectivity index is 1.65. The highest BCUT2D eigenvalue weighted by Crippen LogP contribution is 2.23. The molecule has 1 fully saturated rings. The Hall–Kier alpha value is -2.48. The number of pyridine rings is 1. The Labute approximate surface area is 140 Å². The number of hydrogen-bond acceptors (Lipinski definition) is 6. The number of aryl methyl sites for hydroxylation is 1. The van der Waals surface area contributed by atoms with Crippen molar-refractivity contribution in [2.45, 2.75) is 32.8 Å². The molecule has 0 bridgehead atoms. The molecule has 8 heteroatoms. The lowest BCUT2D eigenvalue weighted by Gasteiger charge is -2.31. The maximum atomic E-state index is 12.4. The molecule has 0 unspecified atom stereocenters. The highest BCUT2D eigenvalue weighted by Gasteiger charge is 2.29. The number of carbonyl (C=O) groups is 1. The van der Waals surface area contributed by atoms with E-state index in [9.17, 15) is 4.79 Å². The minimum Gasteiger partial charge on any atom is -0.422 e. The van der Waals surface area contributed by atoms with Crippen molar-refractivity contribution in [2.24, 2.45) is 0 Å². The molecule has 1 N–H and O–H groups in total. The highest BCUT2D eigenvalue weighted by molar-refractivity contribution is 5.89. The zero-order chi connectivity index (χ0) is 17.1. The Morgan fingerprint density at radius 3 is 2.96 bits per heavy atom. The lowest BCUT2D eigenvalue weighted by molar-refractivity contribution is -0.0276. The van der Waals surface area contributed by atoms with Crippen molar-refractivity contribution in [3.05, 3.63) is 35.8 Å². The number of nitrogens with one attached hydrogen (secondary N) is 1. The minimum atomic E-state index is -0.399. The van der Waals surface area contributed by atoms with Gasteiger partial charge in [0.2, 0.25) is 11.8 Å². The molecular weight excluding hydrogens is 310 g/mol. The van der Waals surface area contributed by atoms with Gasteiger partial charge in [-0.3, -0.25) is 4.98 Å². The molecule has 1 atom stereocenters. The van der Waals surface area contributed by atoms with Gasteiger partial charge in [0.25, 0.3) is 0 Å². The van der Waals surface area contributed by atoms with Gasteiger partial charge in [0, 0.05) is 30.0 Å². The van der Waals surface area contributed by atoms with Crippen LogP contribution in [0.4, 0.5) is 10.5 Å². The van der Waals surface area contributed by atoms with E-state index in [0.29, 0.717) is 31.5 Å². The van der Waals surface area contributed by atoms with E-state index in [1.165, 1.54) is 0 Å². The van der Waals surface area contributed by atoms with Gasteiger partial charge in [-0.25, -0.2) is 4.79 Å². The van der Waals surface area contributed by atoms with Gasteiger partial charge in [-0.05, 0) is 19.1 Å². The van der Waals surface area contributed by atoms with Gasteiger partial charge in [0.05, 0.1) is 13.2 Å². The van der Waals surface area contributed by atoms with Crippen LogP contribution in [0.2, 0.25) is 0 Å². The molecule has 2 aromatic rings. The van der Waals surface area contributed by atoms with Gasteiger partial charge in [0.15, 0.2) is 6.10 Å². The Bertz CT molecular complexity index is 715. The SMILES string of the molecule is Cc1cc(NC(=O)N2CCO[C@H](c3nnc(C(C)C)o3)C2)ccn1. The van der Waals surface area contributed by atoms with Crippen LogP contribution in [0.3, 0.4) is 0 Å². The van der Waals surface area contributed by atoms with Crippen molar-refractivity contribution in [1.29, 1.82) is 0 Å². The number of carbonyl (C=O) groups excluding carboxylic acids is 1. The molecule has 1 aliphatic rings. The molecule has 0 spiro atoms. The van der Waals surface area contributed by atoms with Gasteiger partial charge in [0.1, 0.15) is 0 Å². The number of amides is 2. The summed E-state index contributed by atoms with van der Waals surface area (Å²) < 4.78 is 11.3. The van der Waals surface area contributed by atoms with Crippen molar-refractivity contribution < 1.29 is 13.9 Å². The van der Waals surface area contributed by atoms with Gasteiger partial charge in [-0.1, -0.05) is 13.8 Å². The largest absolute Gasteiger partial charge is 0.422 e. The number of urea groups is 1. The quantitative estimate of drug-likeness (QED) is 0.929. The predicted molar refractivity (Wildman–Crippen MR) is 86.6 cm³/mol. The lowest BCUT2D eigenvalue weighted by Crippen LogP contribution is -2.44. The van der Waals surface area contributed by atoms with Gasteiger partial charge in [-0.2, -0.15) is 0 Å². The van der Waals surface area contributed by atoms with E-state index in [1.54, 1.807) is 17.2 Å². The maximum absolute atomic E-state index is 12.4. The van der Waals surface area contributed by atoms with Crippen molar-refractivity contribution in [3.63, 3.8) is 0 Å². The standard InChI is InChI=1S/C16H21N5O3/c1-10(2)14-19-20-15(24-14)13-9-21(6-7-23-13)16(22)18-12-4-5-17-11(3)8-12/h4-5,8,10,13H,6-7,9H2,1-3H3,(H,17,18,22)/t13-/m0/s1. The topological polar surface area (TPSA) is 93.4 Å². The number of anilines is 1. The molecule has 2 aromatic heterocycles. The van der Waals surface area contributed by atoms with E-state index in [1.807, 2.05) is 26.8 Å². The van der Waals surface area contributed by atoms with Crippen LogP contribution in [-0.4, -0.2) is 45.8 Å². The fraction of sp³-hybridized carbons (Fsp3) is 0.500. The van der Waals surface area contributed by atoms with E-state index in [4.69, 9.17) is 9.15 Å². The average molecular weight is 331 g/mol. The number of rotatable bonds is 3. The van der Waals surface area contributed by atoms with Crippen LogP contribution in [0.5, 0.6) is 0 Å². The number of nitrogens with zero attached hydrogens (tertiary/aromatic N) is 4. The third kappa shape index (κ3) is 3.70. The summed E-state index contributed by atoms with van der Waals surface area (Å²) in [6, 6.07) is 3.40. The number of aromatic nitrogens is 3. The van der Waals surface area contributed by atoms with E-state index in [2.05, 4.69) is 20.5 Å². The van der Waals surface area contributed by atoms with E-state index >= 15 is 0 Å². The summed E-state index contributed by atoms with van der Waals surface area (Å²) in [6.45, 7) is 7.15. The summed E-state index contributed by atoms with van der Waals surface area (Å²) in [6.07, 6.45) is 1.27. The van der Waals surface area contributed by atoms with E-state index < -0.39 is 6.10 Å². The summed E-state index contributed by atoms with van der Waals surface area (Å²) in [4.78, 5) is 18.2. The first-order valence-electron chi connectivity index (χ1n) is 7.96. The van der Waals surface area contributed by atoms with Crippen LogP contribution >= 0.6 is 0 Å². The van der Waals surface area contributed by atoms with Crippen molar-refractivity contribution in [3.8, 4) is 0 Å². The third-order valence-corrected chi connectivity index (χ3v) is 3.73. The number of hydrogen-bond donors (Lipinski definition) is 1. The molecule has 3 rings (SSSR count). The smallest absolute Gasteiger partial charge is 0.322 e. The Morgan fingerprint density at radius 2 is 2.25 bits per heavy atom. The first-order chi connectivity index (χ1) is 11.5. The molecule has 2 amide bonds. The van der Waals surface area contributed by atoms with Crippen LogP contribution in [-0.2, 0) is 4.74 Å². The average Bonchev–Trinajstić information content (AvgIpc) is 3.05. The Kier molecular flexibility index (Phi) is 4.75. The first kappa shape index (κ1) is 16.4. The minimum absolute atomic E-state index is 0.157. The van der Waals surface area contributed by atoms with Crippen LogP contribution in [0.15, 0.2) is 22.7 Å².